The fraction of sp³-hybridized carbons (Fsp3) is 0.0435. The Hall–Kier alpha value is -6.36. The van der Waals surface area contributed by atoms with Crippen LogP contribution in [0.2, 0.25) is 0 Å². The average Bonchev–Trinajstić information content (AvgIpc) is 3.68. The van der Waals surface area contributed by atoms with Gasteiger partial charge in [-0.2, -0.15) is 0 Å². The first kappa shape index (κ1) is 29.8. The molecule has 0 aliphatic rings. The number of nitrogens with zero attached hydrogens (tertiary/aromatic N) is 2. The zero-order valence-corrected chi connectivity index (χ0v) is 27.6. The lowest BCUT2D eigenvalue weighted by Gasteiger charge is -2.27. The molecule has 0 aliphatic heterocycles. The molecule has 2 unspecified atom stereocenters. The molecule has 0 aliphatic carbocycles. The van der Waals surface area contributed by atoms with Crippen molar-refractivity contribution in [3.8, 4) is 11.4 Å². The van der Waals surface area contributed by atoms with Gasteiger partial charge < -0.3 is 14.5 Å². The molecule has 9 aromatic rings. The van der Waals surface area contributed by atoms with E-state index in [1.54, 1.807) is 0 Å². The summed E-state index contributed by atoms with van der Waals surface area (Å²) in [4.78, 5) is 0. The zero-order valence-electron chi connectivity index (χ0n) is 27.6. The molecule has 50 heavy (non-hydrogen) atoms. The minimum absolute atomic E-state index is 0.0341. The van der Waals surface area contributed by atoms with E-state index in [9.17, 15) is 0 Å². The largest absolute Gasteiger partial charge is 0.366 e. The smallest absolute Gasteiger partial charge is 0.104 e. The third-order valence-corrected chi connectivity index (χ3v) is 9.79. The molecule has 2 atom stereocenters. The molecular weight excluding hydrogens is 609 g/mol. The average molecular weight is 645 g/mol. The van der Waals surface area contributed by atoms with Gasteiger partial charge in [0.1, 0.15) is 6.17 Å². The number of para-hydroxylation sites is 4. The highest BCUT2D eigenvalue weighted by Crippen LogP contribution is 2.39. The summed E-state index contributed by atoms with van der Waals surface area (Å²) in [6.07, 6.45) is 1.81. The van der Waals surface area contributed by atoms with E-state index in [-0.39, 0.29) is 12.2 Å². The van der Waals surface area contributed by atoms with Crippen LogP contribution < -0.4 is 10.6 Å². The third-order valence-electron chi connectivity index (χ3n) is 9.79. The Balaban J connectivity index is 1.19. The summed E-state index contributed by atoms with van der Waals surface area (Å²) >= 11 is 0. The molecule has 4 nitrogen and oxygen atoms in total. The van der Waals surface area contributed by atoms with E-state index in [4.69, 9.17) is 0 Å². The Morgan fingerprint density at radius 1 is 0.440 bits per heavy atom. The van der Waals surface area contributed by atoms with Gasteiger partial charge in [0.15, 0.2) is 0 Å². The normalized spacial score (nSPS) is 12.8. The van der Waals surface area contributed by atoms with Crippen molar-refractivity contribution in [2.75, 3.05) is 5.32 Å². The van der Waals surface area contributed by atoms with Crippen molar-refractivity contribution < 1.29 is 0 Å². The standard InChI is InChI=1S/C46H36N4/c1-2-41(32-16-6-3-7-17-32)48-46(47-34-18-8-4-9-19-34)33-26-28-36(29-27-33)50-43-25-15-13-23-38(43)40-30-39-37-22-12-14-24-42(37)49(44(39)31-45(40)50)35-20-10-5-11-21-35/h2-31,41,46-48H,1H2. The number of benzene rings is 7. The predicted octanol–water partition coefficient (Wildman–Crippen LogP) is 11.5. The maximum absolute atomic E-state index is 4.16. The minimum Gasteiger partial charge on any atom is -0.366 e. The van der Waals surface area contributed by atoms with Crippen molar-refractivity contribution >= 4 is 49.3 Å². The predicted molar refractivity (Wildman–Crippen MR) is 210 cm³/mol. The second-order valence-corrected chi connectivity index (χ2v) is 12.8. The highest BCUT2D eigenvalue weighted by Gasteiger charge is 2.20. The van der Waals surface area contributed by atoms with E-state index in [2.05, 4.69) is 190 Å². The van der Waals surface area contributed by atoms with Gasteiger partial charge in [-0.05, 0) is 71.8 Å². The number of aromatic nitrogens is 2. The highest BCUT2D eigenvalue weighted by atomic mass is 15.1. The van der Waals surface area contributed by atoms with E-state index in [1.165, 1.54) is 49.2 Å². The number of anilines is 1. The number of fused-ring (bicyclic) bond motifs is 6. The fourth-order valence-corrected chi connectivity index (χ4v) is 7.44. The van der Waals surface area contributed by atoms with E-state index in [1.807, 2.05) is 18.2 Å². The Labute approximate surface area is 291 Å². The lowest BCUT2D eigenvalue weighted by atomic mass is 10.0. The van der Waals surface area contributed by atoms with Crippen molar-refractivity contribution in [3.05, 3.63) is 200 Å². The quantitative estimate of drug-likeness (QED) is 0.121. The molecular formula is C46H36N4. The van der Waals surface area contributed by atoms with Crippen LogP contribution in [0, 0.1) is 0 Å². The second-order valence-electron chi connectivity index (χ2n) is 12.8. The monoisotopic (exact) mass is 644 g/mol. The van der Waals surface area contributed by atoms with Crippen molar-refractivity contribution in [2.24, 2.45) is 0 Å². The lowest BCUT2D eigenvalue weighted by Crippen LogP contribution is -2.31. The van der Waals surface area contributed by atoms with Crippen molar-refractivity contribution in [1.29, 1.82) is 0 Å². The molecule has 0 saturated heterocycles. The van der Waals surface area contributed by atoms with E-state index >= 15 is 0 Å². The second kappa shape index (κ2) is 12.6. The Morgan fingerprint density at radius 3 is 1.52 bits per heavy atom. The van der Waals surface area contributed by atoms with Crippen molar-refractivity contribution in [3.63, 3.8) is 0 Å². The number of hydrogen-bond donors (Lipinski definition) is 2. The van der Waals surface area contributed by atoms with Crippen molar-refractivity contribution in [1.82, 2.24) is 14.5 Å². The Kier molecular flexibility index (Phi) is 7.49. The molecule has 0 spiro atoms. The molecule has 7 aromatic carbocycles. The van der Waals surface area contributed by atoms with Crippen LogP contribution in [0.3, 0.4) is 0 Å². The molecule has 2 aromatic heterocycles. The van der Waals surface area contributed by atoms with Gasteiger partial charge in [0.25, 0.3) is 0 Å². The third kappa shape index (κ3) is 5.14. The van der Waals surface area contributed by atoms with E-state index in [0.29, 0.717) is 0 Å². The van der Waals surface area contributed by atoms with Crippen LogP contribution in [0.15, 0.2) is 189 Å². The lowest BCUT2D eigenvalue weighted by molar-refractivity contribution is 0.537. The van der Waals surface area contributed by atoms with Gasteiger partial charge in [-0.1, -0.05) is 121 Å². The first-order valence-electron chi connectivity index (χ1n) is 17.1. The van der Waals surface area contributed by atoms with Crippen LogP contribution in [0.5, 0.6) is 0 Å². The number of nitrogens with one attached hydrogen (secondary N) is 2. The fourth-order valence-electron chi connectivity index (χ4n) is 7.44. The van der Waals surface area contributed by atoms with Gasteiger partial charge in [-0.15, -0.1) is 6.58 Å². The van der Waals surface area contributed by atoms with Crippen molar-refractivity contribution in [2.45, 2.75) is 12.2 Å². The van der Waals surface area contributed by atoms with Crippen LogP contribution in [-0.4, -0.2) is 9.13 Å². The molecule has 240 valence electrons. The van der Waals surface area contributed by atoms with Crippen LogP contribution in [0.25, 0.3) is 55.0 Å². The first-order valence-corrected chi connectivity index (χ1v) is 17.1. The molecule has 4 heteroatoms. The van der Waals surface area contributed by atoms with Gasteiger partial charge in [-0.3, -0.25) is 5.32 Å². The summed E-state index contributed by atoms with van der Waals surface area (Å²) in [6.45, 7) is 4.16. The molecule has 0 radical (unpaired) electrons. The summed E-state index contributed by atoms with van der Waals surface area (Å²) in [5.41, 5.74) is 10.4. The first-order chi connectivity index (χ1) is 24.8. The van der Waals surface area contributed by atoms with Gasteiger partial charge >= 0.3 is 0 Å². The van der Waals surface area contributed by atoms with Crippen LogP contribution in [0.1, 0.15) is 23.3 Å². The topological polar surface area (TPSA) is 33.9 Å². The molecule has 0 fully saturated rings. The molecule has 9 rings (SSSR count). The summed E-state index contributed by atoms with van der Waals surface area (Å²) in [7, 11) is 0. The van der Waals surface area contributed by atoms with Gasteiger partial charge in [0.05, 0.1) is 28.1 Å². The minimum atomic E-state index is -0.158. The molecule has 0 bridgehead atoms. The zero-order chi connectivity index (χ0) is 33.4. The molecule has 2 heterocycles. The van der Waals surface area contributed by atoms with Crippen LogP contribution >= 0.6 is 0 Å². The summed E-state index contributed by atoms with van der Waals surface area (Å²) in [5.74, 6) is 0. The number of rotatable bonds is 9. The summed E-state index contributed by atoms with van der Waals surface area (Å²) in [5, 5.41) is 12.5. The van der Waals surface area contributed by atoms with E-state index in [0.717, 1.165) is 22.6 Å². The SMILES string of the molecule is C=CC(NC(Nc1ccccc1)c1ccc(-n2c3ccccc3c3cc4c5ccccc5n(-c5ccccc5)c4cc32)cc1)c1ccccc1. The summed E-state index contributed by atoms with van der Waals surface area (Å²) in [6, 6.07) is 62.6. The summed E-state index contributed by atoms with van der Waals surface area (Å²) < 4.78 is 4.80. The van der Waals surface area contributed by atoms with Gasteiger partial charge in [-0.25, -0.2) is 0 Å². The maximum atomic E-state index is 4.16. The Bertz CT molecular complexity index is 2600. The molecule has 0 amide bonds. The molecule has 0 saturated carbocycles. The van der Waals surface area contributed by atoms with Gasteiger partial charge in [0, 0.05) is 38.6 Å². The van der Waals surface area contributed by atoms with Crippen LogP contribution in [0.4, 0.5) is 5.69 Å². The maximum Gasteiger partial charge on any atom is 0.104 e. The molecule has 2 N–H and O–H groups in total. The van der Waals surface area contributed by atoms with E-state index < -0.39 is 0 Å². The van der Waals surface area contributed by atoms with Gasteiger partial charge in [0.2, 0.25) is 0 Å². The number of hydrogen-bond acceptors (Lipinski definition) is 2. The highest BCUT2D eigenvalue weighted by molar-refractivity contribution is 6.19. The Morgan fingerprint density at radius 2 is 0.940 bits per heavy atom. The van der Waals surface area contributed by atoms with Crippen LogP contribution in [-0.2, 0) is 0 Å².